The Morgan fingerprint density at radius 1 is 1.02 bits per heavy atom. The number of sulfonamides is 1. The van der Waals surface area contributed by atoms with Crippen molar-refractivity contribution < 1.29 is 30.8 Å². The summed E-state index contributed by atoms with van der Waals surface area (Å²) in [6.45, 7) is 3.20. The number of hydrogen-bond acceptors (Lipinski definition) is 4. The Bertz CT molecular complexity index is 1380. The summed E-state index contributed by atoms with van der Waals surface area (Å²) in [6, 6.07) is 7.18. The second-order valence-electron chi connectivity index (χ2n) is 10.4. The second-order valence-corrected chi connectivity index (χ2v) is 13.2. The molecule has 0 N–H and O–H groups in total. The molecule has 2 amide bonds. The van der Waals surface area contributed by atoms with Gasteiger partial charge in [-0.1, -0.05) is 35.3 Å². The third kappa shape index (κ3) is 6.67. The smallest absolute Gasteiger partial charge is 0.322 e. The lowest BCUT2D eigenvalue weighted by atomic mass is 9.93. The number of amides is 2. The minimum absolute atomic E-state index is 0.143. The van der Waals surface area contributed by atoms with Crippen LogP contribution in [-0.4, -0.2) is 91.6 Å². The molecule has 2 aliphatic rings. The normalized spacial score (nSPS) is 22.8. The Morgan fingerprint density at radius 3 is 2.30 bits per heavy atom. The Morgan fingerprint density at radius 2 is 1.73 bits per heavy atom. The average Bonchev–Trinajstić information content (AvgIpc) is 3.29. The Balaban J connectivity index is 1.56. The Kier molecular flexibility index (Phi) is 8.97. The second kappa shape index (κ2) is 11.6. The number of benzene rings is 2. The highest BCUT2D eigenvalue weighted by atomic mass is 35.5. The molecule has 0 unspecified atom stereocenters. The zero-order chi connectivity index (χ0) is 29.6. The van der Waals surface area contributed by atoms with Gasteiger partial charge in [-0.3, -0.25) is 4.90 Å². The molecule has 0 aromatic heterocycles. The molecule has 2 heterocycles. The number of halogens is 6. The molecule has 0 saturated carbocycles. The minimum atomic E-state index is -4.79. The van der Waals surface area contributed by atoms with E-state index in [-0.39, 0.29) is 50.2 Å². The van der Waals surface area contributed by atoms with Crippen molar-refractivity contribution in [1.29, 1.82) is 0 Å². The van der Waals surface area contributed by atoms with Gasteiger partial charge in [-0.2, -0.15) is 17.5 Å². The monoisotopic (exact) mass is 624 g/mol. The SMILES string of the molecule is C[C@@H]1CN(C(=O)N2C[C@H](c3ccc(Cl)c(Cl)c3)[C@@H](N(C)Cc3ccc(C(F)(F)F)c(F)c3)C2)CCN1S(C)(=O)=O. The number of piperazine rings is 1. The number of nitrogens with zero attached hydrogens (tertiary/aromatic N) is 4. The molecule has 40 heavy (non-hydrogen) atoms. The van der Waals surface area contributed by atoms with Crippen molar-refractivity contribution in [2.24, 2.45) is 0 Å². The summed E-state index contributed by atoms with van der Waals surface area (Å²) in [5.41, 5.74) is -0.137. The van der Waals surface area contributed by atoms with Gasteiger partial charge in [0, 0.05) is 57.3 Å². The van der Waals surface area contributed by atoms with Gasteiger partial charge in [0.05, 0.1) is 21.9 Å². The summed E-state index contributed by atoms with van der Waals surface area (Å²) in [5.74, 6) is -1.57. The van der Waals surface area contributed by atoms with E-state index in [4.69, 9.17) is 23.2 Å². The summed E-state index contributed by atoms with van der Waals surface area (Å²) in [7, 11) is -1.63. The molecule has 2 aromatic carbocycles. The van der Waals surface area contributed by atoms with E-state index in [1.165, 1.54) is 10.4 Å². The third-order valence-corrected chi connectivity index (χ3v) is 9.66. The lowest BCUT2D eigenvalue weighted by Crippen LogP contribution is -2.57. The van der Waals surface area contributed by atoms with Crippen LogP contribution in [0.25, 0.3) is 0 Å². The van der Waals surface area contributed by atoms with E-state index in [1.54, 1.807) is 35.9 Å². The first-order chi connectivity index (χ1) is 18.6. The topological polar surface area (TPSA) is 64.2 Å². The van der Waals surface area contributed by atoms with E-state index in [2.05, 4.69) is 0 Å². The number of alkyl halides is 3. The number of hydrogen-bond donors (Lipinski definition) is 0. The zero-order valence-corrected chi connectivity index (χ0v) is 24.5. The summed E-state index contributed by atoms with van der Waals surface area (Å²) in [5, 5.41) is 0.722. The number of rotatable bonds is 5. The fraction of sp³-hybridized carbons (Fsp3) is 0.500. The Labute approximate surface area is 241 Å². The summed E-state index contributed by atoms with van der Waals surface area (Å²) in [4.78, 5) is 18.8. The van der Waals surface area contributed by atoms with E-state index in [0.717, 1.165) is 24.0 Å². The van der Waals surface area contributed by atoms with Crippen LogP contribution in [0.4, 0.5) is 22.4 Å². The summed E-state index contributed by atoms with van der Waals surface area (Å²) < 4.78 is 78.8. The molecule has 14 heteroatoms. The number of likely N-dealkylation sites (N-methyl/N-ethyl adjacent to an activating group) is 1. The fourth-order valence-corrected chi connectivity index (χ4v) is 7.00. The van der Waals surface area contributed by atoms with Gasteiger partial charge < -0.3 is 9.80 Å². The highest BCUT2D eigenvalue weighted by Crippen LogP contribution is 2.36. The zero-order valence-electron chi connectivity index (χ0n) is 22.1. The molecule has 0 bridgehead atoms. The average molecular weight is 626 g/mol. The first-order valence-corrected chi connectivity index (χ1v) is 15.2. The van der Waals surface area contributed by atoms with Crippen molar-refractivity contribution in [3.05, 3.63) is 69.0 Å². The number of carbonyl (C=O) groups is 1. The van der Waals surface area contributed by atoms with Crippen LogP contribution in [0, 0.1) is 5.82 Å². The van der Waals surface area contributed by atoms with Gasteiger partial charge in [-0.25, -0.2) is 17.6 Å². The van der Waals surface area contributed by atoms with Crippen molar-refractivity contribution in [2.45, 2.75) is 37.6 Å². The van der Waals surface area contributed by atoms with Crippen LogP contribution >= 0.6 is 23.2 Å². The highest BCUT2D eigenvalue weighted by molar-refractivity contribution is 7.88. The molecule has 2 fully saturated rings. The van der Waals surface area contributed by atoms with Gasteiger partial charge in [0.2, 0.25) is 10.0 Å². The largest absolute Gasteiger partial charge is 0.419 e. The maximum atomic E-state index is 14.2. The molecular formula is C26H30Cl2F4N4O3S. The van der Waals surface area contributed by atoms with E-state index >= 15 is 0 Å². The van der Waals surface area contributed by atoms with Crippen molar-refractivity contribution in [3.63, 3.8) is 0 Å². The van der Waals surface area contributed by atoms with Crippen molar-refractivity contribution in [3.8, 4) is 0 Å². The van der Waals surface area contributed by atoms with E-state index in [0.29, 0.717) is 28.7 Å². The van der Waals surface area contributed by atoms with Gasteiger partial charge >= 0.3 is 12.2 Å². The minimum Gasteiger partial charge on any atom is -0.322 e. The predicted molar refractivity (Wildman–Crippen MR) is 145 cm³/mol. The van der Waals surface area contributed by atoms with Crippen LogP contribution in [0.5, 0.6) is 0 Å². The molecule has 2 saturated heterocycles. The van der Waals surface area contributed by atoms with Gasteiger partial charge in [0.25, 0.3) is 0 Å². The van der Waals surface area contributed by atoms with Crippen molar-refractivity contribution in [1.82, 2.24) is 19.0 Å². The standard InChI is InChI=1S/C26H30Cl2F4N4O3S/c1-16-12-34(8-9-36(16)40(3,38)39)25(37)35-14-19(18-5-7-21(27)22(28)11-18)24(15-35)33(2)13-17-4-6-20(23(29)10-17)26(30,31)32/h4-7,10-11,16,19,24H,8-9,12-15H2,1-3H3/t16-,19-,24+/m1/s1. The number of likely N-dealkylation sites (tertiary alicyclic amines) is 1. The van der Waals surface area contributed by atoms with Gasteiger partial charge in [-0.05, 0) is 49.4 Å². The number of carbonyl (C=O) groups excluding carboxylic acids is 1. The molecule has 4 rings (SSSR count). The molecule has 2 aromatic rings. The third-order valence-electron chi connectivity index (χ3n) is 7.53. The summed E-state index contributed by atoms with van der Waals surface area (Å²) in [6.07, 6.45) is -3.64. The molecule has 7 nitrogen and oxygen atoms in total. The molecular weight excluding hydrogens is 595 g/mol. The van der Waals surface area contributed by atoms with Crippen LogP contribution in [0.3, 0.4) is 0 Å². The van der Waals surface area contributed by atoms with Crippen molar-refractivity contribution >= 4 is 39.3 Å². The molecule has 3 atom stereocenters. The van der Waals surface area contributed by atoms with Crippen molar-refractivity contribution in [2.75, 3.05) is 46.0 Å². The molecule has 0 radical (unpaired) electrons. The summed E-state index contributed by atoms with van der Waals surface area (Å²) >= 11 is 12.4. The van der Waals surface area contributed by atoms with Gasteiger partial charge in [0.1, 0.15) is 5.82 Å². The Hall–Kier alpha value is -2.12. The predicted octanol–water partition coefficient (Wildman–Crippen LogP) is 5.14. The fourth-order valence-electron chi connectivity index (χ4n) is 5.56. The van der Waals surface area contributed by atoms with Crippen LogP contribution < -0.4 is 0 Å². The maximum absolute atomic E-state index is 14.2. The number of urea groups is 1. The van der Waals surface area contributed by atoms with Gasteiger partial charge in [-0.15, -0.1) is 0 Å². The van der Waals surface area contributed by atoms with E-state index in [9.17, 15) is 30.8 Å². The first-order valence-electron chi connectivity index (χ1n) is 12.6. The highest BCUT2D eigenvalue weighted by Gasteiger charge is 2.42. The maximum Gasteiger partial charge on any atom is 0.419 e. The molecule has 0 spiro atoms. The quantitative estimate of drug-likeness (QED) is 0.432. The van der Waals surface area contributed by atoms with Crippen LogP contribution in [0.2, 0.25) is 10.0 Å². The van der Waals surface area contributed by atoms with Crippen LogP contribution in [0.15, 0.2) is 36.4 Å². The van der Waals surface area contributed by atoms with Gasteiger partial charge in [0.15, 0.2) is 0 Å². The first kappa shape index (κ1) is 30.8. The lowest BCUT2D eigenvalue weighted by Gasteiger charge is -2.39. The molecule has 2 aliphatic heterocycles. The van der Waals surface area contributed by atoms with E-state index in [1.807, 2.05) is 11.0 Å². The van der Waals surface area contributed by atoms with Crippen LogP contribution in [0.1, 0.15) is 29.5 Å². The molecule has 220 valence electrons. The lowest BCUT2D eigenvalue weighted by molar-refractivity contribution is -0.140. The van der Waals surface area contributed by atoms with Crippen LogP contribution in [-0.2, 0) is 22.7 Å². The van der Waals surface area contributed by atoms with E-state index < -0.39 is 27.6 Å². The molecule has 0 aliphatic carbocycles.